The summed E-state index contributed by atoms with van der Waals surface area (Å²) in [6, 6.07) is 11.0. The van der Waals surface area contributed by atoms with E-state index in [1.165, 1.54) is 24.8 Å². The van der Waals surface area contributed by atoms with Crippen LogP contribution in [0.15, 0.2) is 30.3 Å². The third-order valence-electron chi connectivity index (χ3n) is 3.49. The molecule has 1 aromatic rings. The van der Waals surface area contributed by atoms with Gasteiger partial charge in [-0.05, 0) is 30.9 Å². The molecule has 1 unspecified atom stereocenters. The first-order chi connectivity index (χ1) is 8.90. The van der Waals surface area contributed by atoms with Crippen LogP contribution in [-0.2, 0) is 4.74 Å². The van der Waals surface area contributed by atoms with Crippen LogP contribution < -0.4 is 5.32 Å². The Labute approximate surface area is 111 Å². The van der Waals surface area contributed by atoms with Crippen molar-refractivity contribution in [3.05, 3.63) is 35.9 Å². The Morgan fingerprint density at radius 2 is 2.06 bits per heavy atom. The van der Waals surface area contributed by atoms with Crippen LogP contribution in [0.25, 0.3) is 0 Å². The van der Waals surface area contributed by atoms with Crippen molar-refractivity contribution in [2.24, 2.45) is 5.92 Å². The molecule has 2 heteroatoms. The van der Waals surface area contributed by atoms with Crippen molar-refractivity contribution in [2.75, 3.05) is 19.8 Å². The SMILES string of the molecule is CCCNC(COCCC1CC1)c1ccccc1. The van der Waals surface area contributed by atoms with E-state index in [0.717, 1.165) is 32.1 Å². The van der Waals surface area contributed by atoms with Crippen molar-refractivity contribution >= 4 is 0 Å². The summed E-state index contributed by atoms with van der Waals surface area (Å²) in [7, 11) is 0. The molecule has 1 aliphatic rings. The van der Waals surface area contributed by atoms with E-state index in [1.54, 1.807) is 0 Å². The summed E-state index contributed by atoms with van der Waals surface area (Å²) < 4.78 is 5.84. The van der Waals surface area contributed by atoms with E-state index in [0.29, 0.717) is 6.04 Å². The zero-order valence-electron chi connectivity index (χ0n) is 11.4. The molecule has 0 aromatic heterocycles. The summed E-state index contributed by atoms with van der Waals surface area (Å²) in [5, 5.41) is 3.56. The van der Waals surface area contributed by atoms with Gasteiger partial charge in [-0.1, -0.05) is 50.1 Å². The lowest BCUT2D eigenvalue weighted by atomic mass is 10.1. The summed E-state index contributed by atoms with van der Waals surface area (Å²) in [5.74, 6) is 0.962. The van der Waals surface area contributed by atoms with Crippen molar-refractivity contribution in [2.45, 2.75) is 38.6 Å². The van der Waals surface area contributed by atoms with E-state index in [1.807, 2.05) is 0 Å². The van der Waals surface area contributed by atoms with Gasteiger partial charge in [-0.25, -0.2) is 0 Å². The van der Waals surface area contributed by atoms with Crippen LogP contribution in [0.2, 0.25) is 0 Å². The maximum absolute atomic E-state index is 5.84. The molecular weight excluding hydrogens is 222 g/mol. The maximum Gasteiger partial charge on any atom is 0.0661 e. The molecule has 0 bridgehead atoms. The predicted octanol–water partition coefficient (Wildman–Crippen LogP) is 3.54. The Morgan fingerprint density at radius 3 is 2.72 bits per heavy atom. The number of nitrogens with one attached hydrogen (secondary N) is 1. The third kappa shape index (κ3) is 4.79. The lowest BCUT2D eigenvalue weighted by Crippen LogP contribution is -2.26. The second-order valence-electron chi connectivity index (χ2n) is 5.22. The molecule has 1 N–H and O–H groups in total. The van der Waals surface area contributed by atoms with Gasteiger partial charge in [0.15, 0.2) is 0 Å². The highest BCUT2D eigenvalue weighted by molar-refractivity contribution is 5.18. The van der Waals surface area contributed by atoms with E-state index in [-0.39, 0.29) is 0 Å². The van der Waals surface area contributed by atoms with Crippen LogP contribution in [0.5, 0.6) is 0 Å². The number of ether oxygens (including phenoxy) is 1. The van der Waals surface area contributed by atoms with Crippen LogP contribution in [-0.4, -0.2) is 19.8 Å². The minimum atomic E-state index is 0.338. The first-order valence-electron chi connectivity index (χ1n) is 7.26. The quantitative estimate of drug-likeness (QED) is 0.674. The van der Waals surface area contributed by atoms with E-state index in [9.17, 15) is 0 Å². The number of benzene rings is 1. The highest BCUT2D eigenvalue weighted by atomic mass is 16.5. The fraction of sp³-hybridized carbons (Fsp3) is 0.625. The van der Waals surface area contributed by atoms with Gasteiger partial charge in [-0.15, -0.1) is 0 Å². The fourth-order valence-electron chi connectivity index (χ4n) is 2.13. The number of hydrogen-bond donors (Lipinski definition) is 1. The monoisotopic (exact) mass is 247 g/mol. The molecule has 2 nitrogen and oxygen atoms in total. The van der Waals surface area contributed by atoms with Gasteiger partial charge in [0, 0.05) is 6.61 Å². The second-order valence-corrected chi connectivity index (χ2v) is 5.22. The molecule has 100 valence electrons. The van der Waals surface area contributed by atoms with Crippen molar-refractivity contribution in [3.63, 3.8) is 0 Å². The van der Waals surface area contributed by atoms with Crippen molar-refractivity contribution in [3.8, 4) is 0 Å². The zero-order valence-corrected chi connectivity index (χ0v) is 11.4. The van der Waals surface area contributed by atoms with Crippen molar-refractivity contribution in [1.82, 2.24) is 5.32 Å². The van der Waals surface area contributed by atoms with Gasteiger partial charge in [0.25, 0.3) is 0 Å². The fourth-order valence-corrected chi connectivity index (χ4v) is 2.13. The molecule has 0 amide bonds. The molecule has 0 heterocycles. The van der Waals surface area contributed by atoms with Crippen LogP contribution >= 0.6 is 0 Å². The van der Waals surface area contributed by atoms with Crippen molar-refractivity contribution in [1.29, 1.82) is 0 Å². The maximum atomic E-state index is 5.84. The van der Waals surface area contributed by atoms with Gasteiger partial charge in [-0.2, -0.15) is 0 Å². The Bertz CT molecular complexity index is 321. The molecule has 1 atom stereocenters. The normalized spacial score (nSPS) is 16.7. The summed E-state index contributed by atoms with van der Waals surface area (Å²) in [5.41, 5.74) is 1.33. The molecular formula is C16H25NO. The van der Waals surface area contributed by atoms with Crippen LogP contribution in [0.1, 0.15) is 44.2 Å². The highest BCUT2D eigenvalue weighted by Crippen LogP contribution is 2.32. The van der Waals surface area contributed by atoms with Crippen molar-refractivity contribution < 1.29 is 4.74 Å². The zero-order chi connectivity index (χ0) is 12.6. The van der Waals surface area contributed by atoms with Gasteiger partial charge < -0.3 is 10.1 Å². The molecule has 2 rings (SSSR count). The largest absolute Gasteiger partial charge is 0.379 e. The standard InChI is InChI=1S/C16H25NO/c1-2-11-17-16(15-6-4-3-5-7-15)13-18-12-10-14-8-9-14/h3-7,14,16-17H,2,8-13H2,1H3. The topological polar surface area (TPSA) is 21.3 Å². The molecule has 1 saturated carbocycles. The van der Waals surface area contributed by atoms with E-state index < -0.39 is 0 Å². The molecule has 1 aromatic carbocycles. The summed E-state index contributed by atoms with van der Waals surface area (Å²) in [6.07, 6.45) is 5.24. The van der Waals surface area contributed by atoms with Gasteiger partial charge in [-0.3, -0.25) is 0 Å². The van der Waals surface area contributed by atoms with Crippen LogP contribution in [0.4, 0.5) is 0 Å². The molecule has 1 aliphatic carbocycles. The number of hydrogen-bond acceptors (Lipinski definition) is 2. The Balaban J connectivity index is 1.76. The lowest BCUT2D eigenvalue weighted by molar-refractivity contribution is 0.106. The first-order valence-corrected chi connectivity index (χ1v) is 7.26. The summed E-state index contributed by atoms with van der Waals surface area (Å²) >= 11 is 0. The average molecular weight is 247 g/mol. The first kappa shape index (κ1) is 13.6. The van der Waals surface area contributed by atoms with Gasteiger partial charge in [0.1, 0.15) is 0 Å². The van der Waals surface area contributed by atoms with Gasteiger partial charge >= 0.3 is 0 Å². The smallest absolute Gasteiger partial charge is 0.0661 e. The Morgan fingerprint density at radius 1 is 1.28 bits per heavy atom. The molecule has 0 saturated heterocycles. The minimum Gasteiger partial charge on any atom is -0.379 e. The Kier molecular flexibility index (Phi) is 5.69. The summed E-state index contributed by atoms with van der Waals surface area (Å²) in [4.78, 5) is 0. The molecule has 1 fully saturated rings. The molecule has 0 radical (unpaired) electrons. The lowest BCUT2D eigenvalue weighted by Gasteiger charge is -2.19. The highest BCUT2D eigenvalue weighted by Gasteiger charge is 2.20. The van der Waals surface area contributed by atoms with Crippen LogP contribution in [0, 0.1) is 5.92 Å². The minimum absolute atomic E-state index is 0.338. The number of rotatable bonds is 9. The van der Waals surface area contributed by atoms with Crippen LogP contribution in [0.3, 0.4) is 0 Å². The predicted molar refractivity (Wildman–Crippen MR) is 75.6 cm³/mol. The molecule has 0 aliphatic heterocycles. The van der Waals surface area contributed by atoms with E-state index in [2.05, 4.69) is 42.6 Å². The Hall–Kier alpha value is -0.860. The van der Waals surface area contributed by atoms with E-state index >= 15 is 0 Å². The van der Waals surface area contributed by atoms with Gasteiger partial charge in [0.2, 0.25) is 0 Å². The van der Waals surface area contributed by atoms with Gasteiger partial charge in [0.05, 0.1) is 12.6 Å². The average Bonchev–Trinajstić information content (AvgIpc) is 3.23. The molecule has 0 spiro atoms. The summed E-state index contributed by atoms with van der Waals surface area (Å²) in [6.45, 7) is 4.95. The van der Waals surface area contributed by atoms with E-state index in [4.69, 9.17) is 4.74 Å². The molecule has 18 heavy (non-hydrogen) atoms. The third-order valence-corrected chi connectivity index (χ3v) is 3.49. The second kappa shape index (κ2) is 7.55.